The average Bonchev–Trinajstić information content (AvgIpc) is 2.93. The standard InChI is InChI=1S/C16H20N4O5S/c1-10-15(11(2)25-19-10)26(23,24)20(4)9-14(21)18-13-7-5-12(6-8-13)16(22)17-3/h5-8H,9H2,1-4H3,(H,17,22)(H,18,21). The van der Waals surface area contributed by atoms with Crippen molar-refractivity contribution in [2.45, 2.75) is 18.7 Å². The molecule has 26 heavy (non-hydrogen) atoms. The van der Waals surface area contributed by atoms with Gasteiger partial charge >= 0.3 is 0 Å². The van der Waals surface area contributed by atoms with Gasteiger partial charge in [0.1, 0.15) is 10.6 Å². The first kappa shape index (κ1) is 19.6. The third-order valence-corrected chi connectivity index (χ3v) is 5.71. The van der Waals surface area contributed by atoms with E-state index in [-0.39, 0.29) is 28.8 Å². The largest absolute Gasteiger partial charge is 0.360 e. The van der Waals surface area contributed by atoms with Gasteiger partial charge in [-0.2, -0.15) is 4.31 Å². The fourth-order valence-electron chi connectivity index (χ4n) is 2.34. The highest BCUT2D eigenvalue weighted by atomic mass is 32.2. The molecule has 0 spiro atoms. The summed E-state index contributed by atoms with van der Waals surface area (Å²) in [6.45, 7) is 2.63. The number of aromatic nitrogens is 1. The number of amides is 2. The topological polar surface area (TPSA) is 122 Å². The number of rotatable bonds is 6. The van der Waals surface area contributed by atoms with Crippen molar-refractivity contribution in [3.8, 4) is 0 Å². The lowest BCUT2D eigenvalue weighted by Gasteiger charge is -2.16. The summed E-state index contributed by atoms with van der Waals surface area (Å²) < 4.78 is 31.0. The Labute approximate surface area is 151 Å². The van der Waals surface area contributed by atoms with Crippen molar-refractivity contribution < 1.29 is 22.5 Å². The molecule has 0 bridgehead atoms. The number of benzene rings is 1. The molecule has 0 unspecified atom stereocenters. The van der Waals surface area contributed by atoms with Gasteiger partial charge in [-0.25, -0.2) is 8.42 Å². The highest BCUT2D eigenvalue weighted by molar-refractivity contribution is 7.89. The second kappa shape index (κ2) is 7.67. The summed E-state index contributed by atoms with van der Waals surface area (Å²) in [6, 6.07) is 6.23. The van der Waals surface area contributed by atoms with E-state index in [1.165, 1.54) is 27.9 Å². The van der Waals surface area contributed by atoms with Crippen molar-refractivity contribution in [1.82, 2.24) is 14.8 Å². The summed E-state index contributed by atoms with van der Waals surface area (Å²) in [7, 11) is -1.08. The summed E-state index contributed by atoms with van der Waals surface area (Å²) in [5, 5.41) is 8.71. The monoisotopic (exact) mass is 380 g/mol. The number of carbonyl (C=O) groups excluding carboxylic acids is 2. The predicted octanol–water partition coefficient (Wildman–Crippen LogP) is 0.910. The van der Waals surface area contributed by atoms with Crippen LogP contribution >= 0.6 is 0 Å². The second-order valence-electron chi connectivity index (χ2n) is 5.62. The smallest absolute Gasteiger partial charge is 0.251 e. The van der Waals surface area contributed by atoms with E-state index in [0.29, 0.717) is 11.3 Å². The number of hydrogen-bond donors (Lipinski definition) is 2. The number of nitrogens with one attached hydrogen (secondary N) is 2. The molecule has 2 aromatic rings. The van der Waals surface area contributed by atoms with E-state index in [4.69, 9.17) is 4.52 Å². The lowest BCUT2D eigenvalue weighted by atomic mass is 10.2. The minimum atomic E-state index is -3.90. The van der Waals surface area contributed by atoms with Crippen molar-refractivity contribution in [1.29, 1.82) is 0 Å². The SMILES string of the molecule is CNC(=O)c1ccc(NC(=O)CN(C)S(=O)(=O)c2c(C)noc2C)cc1. The van der Waals surface area contributed by atoms with Crippen LogP contribution in [0.5, 0.6) is 0 Å². The molecule has 9 nitrogen and oxygen atoms in total. The van der Waals surface area contributed by atoms with Crippen LogP contribution in [-0.4, -0.2) is 50.3 Å². The van der Waals surface area contributed by atoms with Crippen LogP contribution in [-0.2, 0) is 14.8 Å². The Bertz CT molecular complexity index is 899. The van der Waals surface area contributed by atoms with Gasteiger partial charge in [0, 0.05) is 25.3 Å². The molecule has 0 aliphatic rings. The summed E-state index contributed by atoms with van der Waals surface area (Å²) >= 11 is 0. The van der Waals surface area contributed by atoms with Crippen LogP contribution in [0.4, 0.5) is 5.69 Å². The molecule has 2 N–H and O–H groups in total. The highest BCUT2D eigenvalue weighted by Gasteiger charge is 2.29. The molecule has 0 fully saturated rings. The summed E-state index contributed by atoms with van der Waals surface area (Å²) in [4.78, 5) is 23.6. The Morgan fingerprint density at radius 1 is 1.19 bits per heavy atom. The first-order valence-electron chi connectivity index (χ1n) is 7.68. The van der Waals surface area contributed by atoms with Gasteiger partial charge in [0.2, 0.25) is 15.9 Å². The molecular formula is C16H20N4O5S. The molecule has 0 radical (unpaired) electrons. The van der Waals surface area contributed by atoms with Crippen LogP contribution in [0, 0.1) is 13.8 Å². The van der Waals surface area contributed by atoms with E-state index < -0.39 is 15.9 Å². The first-order chi connectivity index (χ1) is 12.2. The van der Waals surface area contributed by atoms with Gasteiger partial charge in [-0.15, -0.1) is 0 Å². The number of aryl methyl sites for hydroxylation is 2. The van der Waals surface area contributed by atoms with Crippen molar-refractivity contribution in [3.05, 3.63) is 41.3 Å². The Hall–Kier alpha value is -2.72. The first-order valence-corrected chi connectivity index (χ1v) is 9.12. The number of carbonyl (C=O) groups is 2. The number of likely N-dealkylation sites (N-methyl/N-ethyl adjacent to an activating group) is 1. The molecule has 0 atom stereocenters. The number of sulfonamides is 1. The molecule has 0 aliphatic heterocycles. The fourth-order valence-corrected chi connectivity index (χ4v) is 3.75. The van der Waals surface area contributed by atoms with Crippen LogP contribution in [0.3, 0.4) is 0 Å². The third-order valence-electron chi connectivity index (χ3n) is 3.66. The molecule has 2 rings (SSSR count). The van der Waals surface area contributed by atoms with E-state index in [2.05, 4.69) is 15.8 Å². The maximum Gasteiger partial charge on any atom is 0.251 e. The molecule has 0 saturated heterocycles. The molecule has 1 aromatic carbocycles. The van der Waals surface area contributed by atoms with Gasteiger partial charge < -0.3 is 15.2 Å². The zero-order valence-corrected chi connectivity index (χ0v) is 15.7. The van der Waals surface area contributed by atoms with Crippen molar-refractivity contribution in [3.63, 3.8) is 0 Å². The lowest BCUT2D eigenvalue weighted by molar-refractivity contribution is -0.116. The predicted molar refractivity (Wildman–Crippen MR) is 94.3 cm³/mol. The average molecular weight is 380 g/mol. The third kappa shape index (κ3) is 4.09. The number of hydrogen-bond acceptors (Lipinski definition) is 6. The number of nitrogens with zero attached hydrogens (tertiary/aromatic N) is 2. The van der Waals surface area contributed by atoms with Gasteiger partial charge in [0.15, 0.2) is 5.76 Å². The van der Waals surface area contributed by atoms with Gasteiger partial charge in [-0.05, 0) is 38.1 Å². The highest BCUT2D eigenvalue weighted by Crippen LogP contribution is 2.22. The maximum absolute atomic E-state index is 12.6. The minimum Gasteiger partial charge on any atom is -0.360 e. The second-order valence-corrected chi connectivity index (χ2v) is 7.60. The summed E-state index contributed by atoms with van der Waals surface area (Å²) in [5.41, 5.74) is 1.13. The Morgan fingerprint density at radius 2 is 1.81 bits per heavy atom. The quantitative estimate of drug-likeness (QED) is 0.768. The van der Waals surface area contributed by atoms with Crippen molar-refractivity contribution in [2.24, 2.45) is 0 Å². The maximum atomic E-state index is 12.6. The van der Waals surface area contributed by atoms with Crippen LogP contribution in [0.1, 0.15) is 21.8 Å². The summed E-state index contributed by atoms with van der Waals surface area (Å²) in [5.74, 6) is -0.594. The molecular weight excluding hydrogens is 360 g/mol. The zero-order chi connectivity index (χ0) is 19.5. The summed E-state index contributed by atoms with van der Waals surface area (Å²) in [6.07, 6.45) is 0. The van der Waals surface area contributed by atoms with Crippen molar-refractivity contribution >= 4 is 27.5 Å². The van der Waals surface area contributed by atoms with Crippen LogP contribution in [0.15, 0.2) is 33.7 Å². The number of anilines is 1. The van der Waals surface area contributed by atoms with E-state index in [0.717, 1.165) is 4.31 Å². The molecule has 10 heteroatoms. The lowest BCUT2D eigenvalue weighted by Crippen LogP contribution is -2.35. The van der Waals surface area contributed by atoms with E-state index in [1.54, 1.807) is 24.3 Å². The van der Waals surface area contributed by atoms with Crippen LogP contribution < -0.4 is 10.6 Å². The van der Waals surface area contributed by atoms with Gasteiger partial charge in [-0.1, -0.05) is 5.16 Å². The van der Waals surface area contributed by atoms with Gasteiger partial charge in [0.05, 0.1) is 6.54 Å². The molecule has 0 aliphatic carbocycles. The van der Waals surface area contributed by atoms with Crippen molar-refractivity contribution in [2.75, 3.05) is 26.0 Å². The van der Waals surface area contributed by atoms with E-state index >= 15 is 0 Å². The molecule has 1 heterocycles. The molecule has 1 aromatic heterocycles. The van der Waals surface area contributed by atoms with E-state index in [9.17, 15) is 18.0 Å². The zero-order valence-electron chi connectivity index (χ0n) is 14.9. The Kier molecular flexibility index (Phi) is 5.78. The van der Waals surface area contributed by atoms with E-state index in [1.807, 2.05) is 0 Å². The minimum absolute atomic E-state index is 0.0391. The van der Waals surface area contributed by atoms with Crippen LogP contribution in [0.25, 0.3) is 0 Å². The van der Waals surface area contributed by atoms with Gasteiger partial charge in [0.25, 0.3) is 5.91 Å². The molecule has 0 saturated carbocycles. The molecule has 2 amide bonds. The normalized spacial score (nSPS) is 11.4. The van der Waals surface area contributed by atoms with Crippen LogP contribution in [0.2, 0.25) is 0 Å². The fraction of sp³-hybridized carbons (Fsp3) is 0.312. The Balaban J connectivity index is 2.06. The Morgan fingerprint density at radius 3 is 2.31 bits per heavy atom. The molecule has 140 valence electrons. The van der Waals surface area contributed by atoms with Gasteiger partial charge in [-0.3, -0.25) is 9.59 Å².